The highest BCUT2D eigenvalue weighted by molar-refractivity contribution is 7.94. The van der Waals surface area contributed by atoms with Crippen LogP contribution in [0.1, 0.15) is 18.4 Å². The van der Waals surface area contributed by atoms with E-state index < -0.39 is 0 Å². The number of rotatable bonds is 12. The van der Waals surface area contributed by atoms with Crippen molar-refractivity contribution in [2.45, 2.75) is 30.7 Å². The Labute approximate surface area is 254 Å². The lowest BCUT2D eigenvalue weighted by molar-refractivity contribution is 0.490. The van der Waals surface area contributed by atoms with Crippen molar-refractivity contribution < 1.29 is 4.18 Å². The summed E-state index contributed by atoms with van der Waals surface area (Å²) in [5, 5.41) is 10.4. The maximum atomic E-state index is 11.8. The van der Waals surface area contributed by atoms with E-state index in [1.807, 2.05) is 29.2 Å². The van der Waals surface area contributed by atoms with Crippen molar-refractivity contribution in [3.63, 3.8) is 0 Å². The van der Waals surface area contributed by atoms with Crippen molar-refractivity contribution >= 4 is 34.3 Å². The highest BCUT2D eigenvalue weighted by Crippen LogP contribution is 2.36. The first kappa shape index (κ1) is 28.6. The fourth-order valence-electron chi connectivity index (χ4n) is 5.28. The van der Waals surface area contributed by atoms with E-state index in [1.165, 1.54) is 17.6 Å². The van der Waals surface area contributed by atoms with E-state index in [0.29, 0.717) is 6.54 Å². The Bertz CT molecular complexity index is 1920. The van der Waals surface area contributed by atoms with Crippen molar-refractivity contribution in [3.8, 4) is 22.3 Å². The van der Waals surface area contributed by atoms with Crippen LogP contribution in [0.15, 0.2) is 101 Å². The molecule has 0 saturated carbocycles. The minimum Gasteiger partial charge on any atom is -0.383 e. The van der Waals surface area contributed by atoms with E-state index in [-0.39, 0.29) is 11.5 Å². The predicted molar refractivity (Wildman–Crippen MR) is 173 cm³/mol. The van der Waals surface area contributed by atoms with Gasteiger partial charge < -0.3 is 15.2 Å². The standard InChI is InChI=1S/C33H33N7O2S/c1-42-43-30-14-13-27(26-7-2-3-8-28(26)30)29-21-37-40-22-25(20-36-32(29)40)24-11-9-23(10-12-24)6-4-16-35-17-5-18-39-19-15-31(34)38-33(39)41/h2-3,7-15,19-22,35H,4-6,16-18H2,1H3,(H2,34,38,41). The molecule has 0 atom stereocenters. The van der Waals surface area contributed by atoms with Gasteiger partial charge in [-0.15, -0.1) is 0 Å². The summed E-state index contributed by atoms with van der Waals surface area (Å²) >= 11 is 1.37. The number of hydrogen-bond acceptors (Lipinski definition) is 8. The maximum absolute atomic E-state index is 11.8. The minimum atomic E-state index is -0.300. The fraction of sp³-hybridized carbons (Fsp3) is 0.212. The molecule has 0 bridgehead atoms. The topological polar surface area (TPSA) is 112 Å². The maximum Gasteiger partial charge on any atom is 0.349 e. The quantitative estimate of drug-likeness (QED) is 0.139. The lowest BCUT2D eigenvalue weighted by atomic mass is 10.00. The summed E-state index contributed by atoms with van der Waals surface area (Å²) in [6, 6.07) is 22.9. The van der Waals surface area contributed by atoms with Gasteiger partial charge in [-0.2, -0.15) is 10.1 Å². The molecule has 43 heavy (non-hydrogen) atoms. The molecule has 3 aromatic carbocycles. The van der Waals surface area contributed by atoms with Gasteiger partial charge in [0.05, 0.1) is 13.3 Å². The van der Waals surface area contributed by atoms with Gasteiger partial charge in [-0.05, 0) is 71.9 Å². The van der Waals surface area contributed by atoms with Gasteiger partial charge in [0.2, 0.25) is 0 Å². The number of nitrogens with two attached hydrogens (primary N) is 1. The number of nitrogens with one attached hydrogen (secondary N) is 1. The van der Waals surface area contributed by atoms with Gasteiger partial charge in [0.25, 0.3) is 0 Å². The third kappa shape index (κ3) is 6.46. The van der Waals surface area contributed by atoms with Crippen molar-refractivity contribution in [2.24, 2.45) is 0 Å². The van der Waals surface area contributed by atoms with Gasteiger partial charge in [-0.3, -0.25) is 4.57 Å². The number of benzene rings is 3. The second kappa shape index (κ2) is 13.2. The molecule has 0 spiro atoms. The van der Waals surface area contributed by atoms with E-state index in [0.717, 1.165) is 75.9 Å². The van der Waals surface area contributed by atoms with Crippen LogP contribution in [0.4, 0.5) is 5.82 Å². The van der Waals surface area contributed by atoms with Crippen LogP contribution in [0, 0.1) is 0 Å². The van der Waals surface area contributed by atoms with Crippen molar-refractivity contribution in [1.29, 1.82) is 0 Å². The molecule has 218 valence electrons. The lowest BCUT2D eigenvalue weighted by Gasteiger charge is -2.10. The van der Waals surface area contributed by atoms with E-state index in [2.05, 4.69) is 70.0 Å². The van der Waals surface area contributed by atoms with Crippen LogP contribution in [0.25, 0.3) is 38.7 Å². The van der Waals surface area contributed by atoms with Gasteiger partial charge in [0.15, 0.2) is 5.65 Å². The summed E-state index contributed by atoms with van der Waals surface area (Å²) in [5.41, 5.74) is 11.6. The molecule has 9 nitrogen and oxygen atoms in total. The van der Waals surface area contributed by atoms with Crippen LogP contribution < -0.4 is 16.7 Å². The number of aryl methyl sites for hydroxylation is 2. The number of nitrogens with zero attached hydrogens (tertiary/aromatic N) is 5. The Morgan fingerprint density at radius 1 is 0.907 bits per heavy atom. The SMILES string of the molecule is COSc1ccc(-c2cnn3cc(-c4ccc(CCCNCCCn5ccc(N)nc5=O)cc4)cnc23)c2ccccc12. The molecule has 0 radical (unpaired) electrons. The van der Waals surface area contributed by atoms with E-state index in [9.17, 15) is 4.79 Å². The Hall–Kier alpha value is -4.51. The summed E-state index contributed by atoms with van der Waals surface area (Å²) in [5.74, 6) is 0.256. The molecule has 0 fully saturated rings. The summed E-state index contributed by atoms with van der Waals surface area (Å²) in [6.07, 6.45) is 10.4. The third-order valence-electron chi connectivity index (χ3n) is 7.46. The highest BCUT2D eigenvalue weighted by Gasteiger charge is 2.14. The molecule has 0 amide bonds. The molecule has 0 aliphatic heterocycles. The van der Waals surface area contributed by atoms with Crippen molar-refractivity contribution in [2.75, 3.05) is 25.9 Å². The highest BCUT2D eigenvalue weighted by atomic mass is 32.2. The molecular formula is C33H33N7O2S. The van der Waals surface area contributed by atoms with Crippen LogP contribution in [0.5, 0.6) is 0 Å². The number of hydrogen-bond donors (Lipinski definition) is 2. The molecule has 6 aromatic rings. The first-order chi connectivity index (χ1) is 21.1. The van der Waals surface area contributed by atoms with E-state index in [1.54, 1.807) is 23.9 Å². The van der Waals surface area contributed by atoms with Gasteiger partial charge in [0, 0.05) is 53.2 Å². The Morgan fingerprint density at radius 2 is 1.72 bits per heavy atom. The molecule has 6 rings (SSSR count). The summed E-state index contributed by atoms with van der Waals surface area (Å²) in [7, 11) is 1.68. The van der Waals surface area contributed by atoms with Gasteiger partial charge in [-0.1, -0.05) is 54.6 Å². The second-order valence-electron chi connectivity index (χ2n) is 10.3. The van der Waals surface area contributed by atoms with E-state index in [4.69, 9.17) is 14.9 Å². The smallest absolute Gasteiger partial charge is 0.349 e. The first-order valence-electron chi connectivity index (χ1n) is 14.3. The lowest BCUT2D eigenvalue weighted by Crippen LogP contribution is -2.25. The zero-order valence-corrected chi connectivity index (χ0v) is 24.8. The zero-order valence-electron chi connectivity index (χ0n) is 23.9. The molecule has 3 N–H and O–H groups in total. The van der Waals surface area contributed by atoms with Crippen LogP contribution in [-0.4, -0.2) is 44.3 Å². The molecule has 0 aliphatic carbocycles. The second-order valence-corrected chi connectivity index (χ2v) is 11.2. The molecule has 3 heterocycles. The average molecular weight is 592 g/mol. The fourth-order valence-corrected chi connectivity index (χ4v) is 5.85. The number of anilines is 1. The normalized spacial score (nSPS) is 11.5. The summed E-state index contributed by atoms with van der Waals surface area (Å²) in [6.45, 7) is 2.38. The predicted octanol–water partition coefficient (Wildman–Crippen LogP) is 5.62. The Morgan fingerprint density at radius 3 is 2.53 bits per heavy atom. The minimum absolute atomic E-state index is 0.256. The zero-order chi connectivity index (χ0) is 29.6. The molecule has 0 aliphatic rings. The Balaban J connectivity index is 1.06. The Kier molecular flexibility index (Phi) is 8.78. The van der Waals surface area contributed by atoms with E-state index >= 15 is 0 Å². The van der Waals surface area contributed by atoms with Gasteiger partial charge >= 0.3 is 5.69 Å². The number of nitrogen functional groups attached to an aromatic ring is 1. The van der Waals surface area contributed by atoms with Crippen LogP contribution >= 0.6 is 12.0 Å². The first-order valence-corrected chi connectivity index (χ1v) is 15.0. The van der Waals surface area contributed by atoms with Crippen LogP contribution in [0.3, 0.4) is 0 Å². The summed E-state index contributed by atoms with van der Waals surface area (Å²) in [4.78, 5) is 21.5. The van der Waals surface area contributed by atoms with Gasteiger partial charge in [0.1, 0.15) is 5.82 Å². The van der Waals surface area contributed by atoms with Crippen molar-refractivity contribution in [3.05, 3.63) is 108 Å². The number of fused-ring (bicyclic) bond motifs is 2. The third-order valence-corrected chi connectivity index (χ3v) is 8.16. The molecule has 0 saturated heterocycles. The monoisotopic (exact) mass is 591 g/mol. The largest absolute Gasteiger partial charge is 0.383 e. The molecule has 10 heteroatoms. The molecular weight excluding hydrogens is 558 g/mol. The number of aromatic nitrogens is 5. The summed E-state index contributed by atoms with van der Waals surface area (Å²) < 4.78 is 8.77. The molecule has 0 unspecified atom stereocenters. The van der Waals surface area contributed by atoms with Crippen LogP contribution in [-0.2, 0) is 17.1 Å². The average Bonchev–Trinajstić information content (AvgIpc) is 3.45. The molecule has 3 aromatic heterocycles. The van der Waals surface area contributed by atoms with Gasteiger partial charge in [-0.25, -0.2) is 14.3 Å². The van der Waals surface area contributed by atoms with Crippen molar-refractivity contribution in [1.82, 2.24) is 29.5 Å². The van der Waals surface area contributed by atoms with Crippen LogP contribution in [0.2, 0.25) is 0 Å².